The summed E-state index contributed by atoms with van der Waals surface area (Å²) in [5.74, 6) is -0.410. The molecule has 1 saturated heterocycles. The summed E-state index contributed by atoms with van der Waals surface area (Å²) < 4.78 is 0.710. The maximum atomic E-state index is 12.9. The van der Waals surface area contributed by atoms with E-state index >= 15 is 0 Å². The number of benzene rings is 1. The van der Waals surface area contributed by atoms with Crippen molar-refractivity contribution in [3.05, 3.63) is 45.6 Å². The molecule has 1 aliphatic rings. The SMILES string of the molecule is CC(=Nc1c(C(=O)O)sc2sc(C(=O)c3ccccc3)c(N)c12)N1CCCC1. The van der Waals surface area contributed by atoms with Gasteiger partial charge in [-0.25, -0.2) is 9.79 Å². The van der Waals surface area contributed by atoms with Gasteiger partial charge in [0.2, 0.25) is 5.78 Å². The van der Waals surface area contributed by atoms with E-state index in [0.29, 0.717) is 31.2 Å². The second-order valence-electron chi connectivity index (χ2n) is 6.64. The Labute approximate surface area is 169 Å². The number of hydrogen-bond acceptors (Lipinski definition) is 6. The number of thiophene rings is 2. The minimum Gasteiger partial charge on any atom is -0.477 e. The minimum atomic E-state index is -1.03. The number of likely N-dealkylation sites (tertiary alicyclic amines) is 1. The molecule has 3 heterocycles. The Morgan fingerprint density at radius 3 is 2.39 bits per heavy atom. The van der Waals surface area contributed by atoms with E-state index in [9.17, 15) is 14.7 Å². The number of aromatic carboxylic acids is 1. The van der Waals surface area contributed by atoms with Gasteiger partial charge in [0.05, 0.1) is 15.1 Å². The second kappa shape index (κ2) is 7.37. The van der Waals surface area contributed by atoms with Gasteiger partial charge in [0.15, 0.2) is 0 Å². The lowest BCUT2D eigenvalue weighted by molar-refractivity contribution is 0.0703. The third-order valence-electron chi connectivity index (χ3n) is 4.83. The van der Waals surface area contributed by atoms with Crippen molar-refractivity contribution in [2.24, 2.45) is 4.99 Å². The lowest BCUT2D eigenvalue weighted by Crippen LogP contribution is -2.24. The van der Waals surface area contributed by atoms with Crippen LogP contribution in [0.15, 0.2) is 35.3 Å². The standard InChI is InChI=1S/C20H19N3O3S2/c1-11(23-9-5-6-10-23)22-15-13-14(21)17(16(24)12-7-3-2-4-8-12)27-20(13)28-18(15)19(25)26/h2-4,7-8H,5-6,9-10,21H2,1H3,(H,25,26). The summed E-state index contributed by atoms with van der Waals surface area (Å²) in [4.78, 5) is 32.0. The molecule has 3 N–H and O–H groups in total. The molecule has 3 aromatic rings. The molecular weight excluding hydrogens is 394 g/mol. The number of nitrogens with two attached hydrogens (primary N) is 1. The highest BCUT2D eigenvalue weighted by Gasteiger charge is 2.27. The molecule has 0 unspecified atom stereocenters. The Kier molecular flexibility index (Phi) is 4.91. The highest BCUT2D eigenvalue weighted by atomic mass is 32.2. The molecule has 0 aliphatic carbocycles. The number of nitrogens with zero attached hydrogens (tertiary/aromatic N) is 2. The Morgan fingerprint density at radius 2 is 1.75 bits per heavy atom. The average Bonchev–Trinajstić information content (AvgIpc) is 3.40. The van der Waals surface area contributed by atoms with Crippen LogP contribution in [0.1, 0.15) is 44.7 Å². The van der Waals surface area contributed by atoms with E-state index in [1.54, 1.807) is 24.3 Å². The van der Waals surface area contributed by atoms with Gasteiger partial charge in [-0.3, -0.25) is 4.79 Å². The average molecular weight is 414 g/mol. The Morgan fingerprint density at radius 1 is 1.11 bits per heavy atom. The van der Waals surface area contributed by atoms with Gasteiger partial charge >= 0.3 is 5.97 Å². The van der Waals surface area contributed by atoms with Gasteiger partial charge in [0.1, 0.15) is 21.3 Å². The first-order chi connectivity index (χ1) is 13.5. The van der Waals surface area contributed by atoms with E-state index in [1.807, 2.05) is 13.0 Å². The van der Waals surface area contributed by atoms with Gasteiger partial charge in [0.25, 0.3) is 0 Å². The quantitative estimate of drug-likeness (QED) is 0.370. The first-order valence-corrected chi connectivity index (χ1v) is 10.6. The van der Waals surface area contributed by atoms with Gasteiger partial charge < -0.3 is 15.7 Å². The van der Waals surface area contributed by atoms with E-state index < -0.39 is 5.97 Å². The lowest BCUT2D eigenvalue weighted by Gasteiger charge is -2.16. The Balaban J connectivity index is 1.84. The maximum Gasteiger partial charge on any atom is 0.348 e. The molecule has 0 spiro atoms. The van der Waals surface area contributed by atoms with Crippen LogP contribution in [0.3, 0.4) is 0 Å². The third-order valence-corrected chi connectivity index (χ3v) is 7.29. The topological polar surface area (TPSA) is 96.0 Å². The fraction of sp³-hybridized carbons (Fsp3) is 0.250. The smallest absolute Gasteiger partial charge is 0.348 e. The van der Waals surface area contributed by atoms with Gasteiger partial charge in [0, 0.05) is 18.7 Å². The van der Waals surface area contributed by atoms with Crippen LogP contribution in [-0.4, -0.2) is 40.7 Å². The Hall–Kier alpha value is -2.71. The van der Waals surface area contributed by atoms with Crippen molar-refractivity contribution < 1.29 is 14.7 Å². The van der Waals surface area contributed by atoms with E-state index in [1.165, 1.54) is 11.3 Å². The largest absolute Gasteiger partial charge is 0.477 e. The van der Waals surface area contributed by atoms with Crippen LogP contribution in [-0.2, 0) is 0 Å². The van der Waals surface area contributed by atoms with E-state index in [0.717, 1.165) is 43.1 Å². The summed E-state index contributed by atoms with van der Waals surface area (Å²) in [6.07, 6.45) is 2.21. The van der Waals surface area contributed by atoms with Gasteiger partial charge in [-0.05, 0) is 19.8 Å². The number of carboxylic acids is 1. The van der Waals surface area contributed by atoms with Crippen molar-refractivity contribution in [3.8, 4) is 0 Å². The fourth-order valence-corrected chi connectivity index (χ4v) is 5.80. The van der Waals surface area contributed by atoms with Crippen molar-refractivity contribution in [1.29, 1.82) is 0 Å². The number of anilines is 1. The lowest BCUT2D eigenvalue weighted by atomic mass is 10.1. The van der Waals surface area contributed by atoms with Crippen LogP contribution in [0.4, 0.5) is 11.4 Å². The summed E-state index contributed by atoms with van der Waals surface area (Å²) in [5.41, 5.74) is 7.57. The number of nitrogen functional groups attached to an aromatic ring is 1. The summed E-state index contributed by atoms with van der Waals surface area (Å²) in [5, 5.41) is 10.2. The van der Waals surface area contributed by atoms with Crippen molar-refractivity contribution in [1.82, 2.24) is 4.90 Å². The normalized spacial score (nSPS) is 14.8. The highest BCUT2D eigenvalue weighted by molar-refractivity contribution is 7.40. The minimum absolute atomic E-state index is 0.158. The molecule has 8 heteroatoms. The second-order valence-corrected chi connectivity index (χ2v) is 8.94. The number of carbonyl (C=O) groups excluding carboxylic acids is 1. The molecule has 6 nitrogen and oxygen atoms in total. The number of rotatable bonds is 4. The molecule has 4 rings (SSSR count). The highest BCUT2D eigenvalue weighted by Crippen LogP contribution is 2.48. The zero-order valence-electron chi connectivity index (χ0n) is 15.3. The molecule has 0 saturated carbocycles. The molecule has 0 bridgehead atoms. The molecular formula is C20H19N3O3S2. The molecule has 1 aliphatic heterocycles. The van der Waals surface area contributed by atoms with E-state index in [2.05, 4.69) is 9.89 Å². The van der Waals surface area contributed by atoms with Crippen LogP contribution in [0.25, 0.3) is 9.40 Å². The summed E-state index contributed by atoms with van der Waals surface area (Å²) in [7, 11) is 0. The van der Waals surface area contributed by atoms with E-state index in [4.69, 9.17) is 5.73 Å². The van der Waals surface area contributed by atoms with Crippen molar-refractivity contribution in [3.63, 3.8) is 0 Å². The van der Waals surface area contributed by atoms with Crippen molar-refractivity contribution in [2.45, 2.75) is 19.8 Å². The predicted molar refractivity (Wildman–Crippen MR) is 115 cm³/mol. The number of ketones is 1. The molecule has 0 atom stereocenters. The number of amidine groups is 1. The molecule has 1 aromatic carbocycles. The third kappa shape index (κ3) is 3.18. The fourth-order valence-electron chi connectivity index (χ4n) is 3.39. The first kappa shape index (κ1) is 18.6. The number of fused-ring (bicyclic) bond motifs is 1. The zero-order chi connectivity index (χ0) is 19.8. The van der Waals surface area contributed by atoms with Gasteiger partial charge in [-0.15, -0.1) is 22.7 Å². The van der Waals surface area contributed by atoms with Gasteiger partial charge in [-0.2, -0.15) is 0 Å². The Bertz CT molecular complexity index is 1090. The number of hydrogen-bond donors (Lipinski definition) is 2. The molecule has 1 fully saturated rings. The molecule has 0 amide bonds. The van der Waals surface area contributed by atoms with Crippen LogP contribution in [0, 0.1) is 0 Å². The summed E-state index contributed by atoms with van der Waals surface area (Å²) in [6, 6.07) is 8.94. The first-order valence-electron chi connectivity index (χ1n) is 8.95. The molecule has 0 radical (unpaired) electrons. The predicted octanol–water partition coefficient (Wildman–Crippen LogP) is 4.62. The summed E-state index contributed by atoms with van der Waals surface area (Å²) in [6.45, 7) is 3.73. The van der Waals surface area contributed by atoms with Gasteiger partial charge in [-0.1, -0.05) is 30.3 Å². The monoisotopic (exact) mass is 413 g/mol. The van der Waals surface area contributed by atoms with E-state index in [-0.39, 0.29) is 10.7 Å². The number of carboxylic acid groups (broad SMARTS) is 1. The van der Waals surface area contributed by atoms with Crippen molar-refractivity contribution >= 4 is 61.0 Å². The van der Waals surface area contributed by atoms with Crippen LogP contribution >= 0.6 is 22.7 Å². The number of carbonyl (C=O) groups is 2. The maximum absolute atomic E-state index is 12.9. The van der Waals surface area contributed by atoms with Crippen LogP contribution < -0.4 is 5.73 Å². The van der Waals surface area contributed by atoms with Crippen LogP contribution in [0.5, 0.6) is 0 Å². The molecule has 144 valence electrons. The van der Waals surface area contributed by atoms with Crippen LogP contribution in [0.2, 0.25) is 0 Å². The van der Waals surface area contributed by atoms with Crippen molar-refractivity contribution in [2.75, 3.05) is 18.8 Å². The molecule has 2 aromatic heterocycles. The summed E-state index contributed by atoms with van der Waals surface area (Å²) >= 11 is 2.36. The molecule has 28 heavy (non-hydrogen) atoms. The zero-order valence-corrected chi connectivity index (χ0v) is 16.9. The number of aliphatic imine (C=N–C) groups is 1.